The molecule has 3 atom stereocenters. The number of rotatable bonds is 8. The highest BCUT2D eigenvalue weighted by Crippen LogP contribution is 2.51. The molecule has 7 nitrogen and oxygen atoms in total. The highest BCUT2D eigenvalue weighted by molar-refractivity contribution is 7.80. The Hall–Kier alpha value is -2.84. The summed E-state index contributed by atoms with van der Waals surface area (Å²) in [5.74, 6) is 0.626. The third kappa shape index (κ3) is 4.32. The lowest BCUT2D eigenvalue weighted by molar-refractivity contribution is -0.150. The van der Waals surface area contributed by atoms with E-state index in [-0.39, 0.29) is 11.9 Å². The summed E-state index contributed by atoms with van der Waals surface area (Å²) >= 11 is 5.75. The molecule has 2 aliphatic rings. The Morgan fingerprint density at radius 3 is 2.79 bits per heavy atom. The van der Waals surface area contributed by atoms with Gasteiger partial charge in [-0.05, 0) is 64.0 Å². The molecule has 1 amide bonds. The number of nitrogens with one attached hydrogen (secondary N) is 2. The normalized spacial score (nSPS) is 23.0. The van der Waals surface area contributed by atoms with Gasteiger partial charge in [0.15, 0.2) is 22.3 Å². The molecule has 0 aliphatic carbocycles. The van der Waals surface area contributed by atoms with Crippen molar-refractivity contribution in [3.05, 3.63) is 53.1 Å². The Labute approximate surface area is 206 Å². The number of para-hydroxylation sites is 1. The van der Waals surface area contributed by atoms with Crippen molar-refractivity contribution in [2.24, 2.45) is 5.92 Å². The van der Waals surface area contributed by atoms with Gasteiger partial charge in [0, 0.05) is 31.5 Å². The van der Waals surface area contributed by atoms with Gasteiger partial charge in [-0.25, -0.2) is 0 Å². The summed E-state index contributed by atoms with van der Waals surface area (Å²) in [5, 5.41) is 7.15. The first-order valence-corrected chi connectivity index (χ1v) is 12.1. The number of amides is 1. The Bertz CT molecular complexity index is 1090. The molecule has 0 radical (unpaired) electrons. The molecular weight excluding hydrogens is 450 g/mol. The van der Waals surface area contributed by atoms with Crippen LogP contribution in [0.15, 0.2) is 36.4 Å². The van der Waals surface area contributed by atoms with Crippen LogP contribution in [-0.2, 0) is 9.53 Å². The molecule has 0 saturated carbocycles. The van der Waals surface area contributed by atoms with E-state index in [4.69, 9.17) is 26.4 Å². The predicted molar refractivity (Wildman–Crippen MR) is 136 cm³/mol. The van der Waals surface area contributed by atoms with Crippen LogP contribution in [0.1, 0.15) is 43.0 Å². The first kappa shape index (κ1) is 24.3. The Morgan fingerprint density at radius 2 is 2.09 bits per heavy atom. The molecule has 34 heavy (non-hydrogen) atoms. The summed E-state index contributed by atoms with van der Waals surface area (Å²) in [6.07, 6.45) is 0.743. The van der Waals surface area contributed by atoms with Gasteiger partial charge in [-0.2, -0.15) is 0 Å². The van der Waals surface area contributed by atoms with Crippen molar-refractivity contribution in [1.82, 2.24) is 10.2 Å². The van der Waals surface area contributed by atoms with Crippen molar-refractivity contribution in [2.75, 3.05) is 32.2 Å². The minimum absolute atomic E-state index is 0.126. The number of carbonyl (C=O) groups excluding carboxylic acids is 1. The zero-order valence-electron chi connectivity index (χ0n) is 20.4. The van der Waals surface area contributed by atoms with Gasteiger partial charge < -0.3 is 29.7 Å². The summed E-state index contributed by atoms with van der Waals surface area (Å²) in [6, 6.07) is 11.4. The lowest BCUT2D eigenvalue weighted by atomic mass is 9.78. The molecule has 2 bridgehead atoms. The fraction of sp³-hybridized carbons (Fsp3) is 0.462. The van der Waals surface area contributed by atoms with Crippen molar-refractivity contribution in [1.29, 1.82) is 0 Å². The van der Waals surface area contributed by atoms with Gasteiger partial charge in [-0.15, -0.1) is 0 Å². The van der Waals surface area contributed by atoms with Crippen molar-refractivity contribution in [3.63, 3.8) is 0 Å². The third-order valence-electron chi connectivity index (χ3n) is 6.58. The van der Waals surface area contributed by atoms with Gasteiger partial charge >= 0.3 is 0 Å². The van der Waals surface area contributed by atoms with Gasteiger partial charge in [0.05, 0.1) is 12.6 Å². The van der Waals surface area contributed by atoms with E-state index in [0.717, 1.165) is 28.8 Å². The number of aryl methyl sites for hydroxylation is 2. The molecule has 0 spiro atoms. The van der Waals surface area contributed by atoms with E-state index < -0.39 is 11.6 Å². The van der Waals surface area contributed by atoms with Crippen LogP contribution < -0.4 is 20.1 Å². The van der Waals surface area contributed by atoms with E-state index in [1.807, 2.05) is 62.9 Å². The summed E-state index contributed by atoms with van der Waals surface area (Å²) in [7, 11) is 1.67. The molecule has 8 heteroatoms. The smallest absolute Gasteiger partial charge is 0.236 e. The van der Waals surface area contributed by atoms with Crippen LogP contribution in [0.25, 0.3) is 0 Å². The monoisotopic (exact) mass is 483 g/mol. The van der Waals surface area contributed by atoms with Crippen molar-refractivity contribution >= 4 is 28.9 Å². The molecular formula is C26H33N3O4S. The Balaban J connectivity index is 1.76. The number of fused-ring (bicyclic) bond motifs is 4. The van der Waals surface area contributed by atoms with Crippen LogP contribution in [0.5, 0.6) is 11.5 Å². The summed E-state index contributed by atoms with van der Waals surface area (Å²) in [4.78, 5) is 15.8. The van der Waals surface area contributed by atoms with Crippen molar-refractivity contribution in [2.45, 2.75) is 45.9 Å². The molecule has 182 valence electrons. The number of anilines is 1. The molecule has 0 unspecified atom stereocenters. The predicted octanol–water partition coefficient (Wildman–Crippen LogP) is 4.33. The summed E-state index contributed by atoms with van der Waals surface area (Å²) < 4.78 is 17.8. The molecule has 2 aromatic rings. The van der Waals surface area contributed by atoms with Crippen LogP contribution in [0.2, 0.25) is 0 Å². The second kappa shape index (κ2) is 9.80. The fourth-order valence-corrected chi connectivity index (χ4v) is 5.36. The molecule has 0 aromatic heterocycles. The van der Waals surface area contributed by atoms with Crippen LogP contribution >= 0.6 is 12.2 Å². The fourth-order valence-electron chi connectivity index (χ4n) is 4.96. The maximum Gasteiger partial charge on any atom is 0.236 e. The largest absolute Gasteiger partial charge is 0.490 e. The minimum Gasteiger partial charge on any atom is -0.490 e. The van der Waals surface area contributed by atoms with Crippen LogP contribution in [0.4, 0.5) is 5.69 Å². The number of thiocarbonyl (C=S) groups is 1. The zero-order chi connectivity index (χ0) is 24.5. The first-order valence-electron chi connectivity index (χ1n) is 11.7. The summed E-state index contributed by atoms with van der Waals surface area (Å²) in [5.41, 5.74) is 2.81. The SMILES string of the molecule is CCOc1cccc2c1O[C@@]1(C)[C@H](C(=O)Nc3ccc(C)cc3C)[C@@H]2NC(=S)N1CCCOC. The standard InChI is InChI=1S/C26H33N3O4S/c1-6-32-20-10-7-9-18-22-21(24(30)27-19-12-11-16(2)15-17(19)3)26(4,33-23(18)20)29(25(34)28-22)13-8-14-31-5/h7,9-12,15,21-22H,6,8,13-14H2,1-5H3,(H,27,30)(H,28,34)/t21-,22+,26-/m0/s1. The lowest BCUT2D eigenvalue weighted by Crippen LogP contribution is -2.71. The van der Waals surface area contributed by atoms with Gasteiger partial charge in [-0.1, -0.05) is 29.8 Å². The summed E-state index contributed by atoms with van der Waals surface area (Å²) in [6.45, 7) is 9.60. The van der Waals surface area contributed by atoms with Crippen molar-refractivity contribution < 1.29 is 19.0 Å². The molecule has 1 saturated heterocycles. The number of nitrogens with zero attached hydrogens (tertiary/aromatic N) is 1. The van der Waals surface area contributed by atoms with Gasteiger partial charge in [0.1, 0.15) is 5.92 Å². The molecule has 2 aliphatic heterocycles. The number of methoxy groups -OCH3 is 1. The quantitative estimate of drug-likeness (QED) is 0.428. The number of hydrogen-bond acceptors (Lipinski definition) is 5. The van der Waals surface area contributed by atoms with E-state index in [0.29, 0.717) is 36.4 Å². The van der Waals surface area contributed by atoms with Crippen molar-refractivity contribution in [3.8, 4) is 11.5 Å². The molecule has 4 rings (SSSR count). The second-order valence-electron chi connectivity index (χ2n) is 8.97. The minimum atomic E-state index is -1.01. The average molecular weight is 484 g/mol. The van der Waals surface area contributed by atoms with Gasteiger partial charge in [-0.3, -0.25) is 4.79 Å². The topological polar surface area (TPSA) is 72.1 Å². The van der Waals surface area contributed by atoms with Crippen LogP contribution in [0.3, 0.4) is 0 Å². The molecule has 2 N–H and O–H groups in total. The third-order valence-corrected chi connectivity index (χ3v) is 6.91. The lowest BCUT2D eigenvalue weighted by Gasteiger charge is -2.56. The van der Waals surface area contributed by atoms with E-state index in [2.05, 4.69) is 16.7 Å². The number of hydrogen-bond donors (Lipinski definition) is 2. The maximum absolute atomic E-state index is 13.9. The van der Waals surface area contributed by atoms with E-state index in [9.17, 15) is 4.79 Å². The Morgan fingerprint density at radius 1 is 1.29 bits per heavy atom. The highest BCUT2D eigenvalue weighted by atomic mass is 32.1. The molecule has 1 fully saturated rings. The van der Waals surface area contributed by atoms with E-state index in [1.165, 1.54) is 0 Å². The van der Waals surface area contributed by atoms with E-state index in [1.54, 1.807) is 7.11 Å². The molecule has 2 aromatic carbocycles. The number of benzene rings is 2. The van der Waals surface area contributed by atoms with Crippen LogP contribution in [-0.4, -0.2) is 48.5 Å². The van der Waals surface area contributed by atoms with E-state index >= 15 is 0 Å². The van der Waals surface area contributed by atoms with Gasteiger partial charge in [0.25, 0.3) is 0 Å². The second-order valence-corrected chi connectivity index (χ2v) is 9.36. The van der Waals surface area contributed by atoms with Crippen LogP contribution in [0, 0.1) is 19.8 Å². The van der Waals surface area contributed by atoms with Gasteiger partial charge in [0.2, 0.25) is 5.91 Å². The maximum atomic E-state index is 13.9. The number of carbonyl (C=O) groups is 1. The average Bonchev–Trinajstić information content (AvgIpc) is 2.78. The Kier molecular flexibility index (Phi) is 7.00. The zero-order valence-corrected chi connectivity index (χ0v) is 21.3. The first-order chi connectivity index (χ1) is 16.3. The molecule has 2 heterocycles. The number of ether oxygens (including phenoxy) is 3. The highest BCUT2D eigenvalue weighted by Gasteiger charge is 2.59.